The molecule has 3 N–H and O–H groups in total. The van der Waals surface area contributed by atoms with E-state index in [1.165, 1.54) is 6.07 Å². The van der Waals surface area contributed by atoms with Crippen molar-refractivity contribution in [1.82, 2.24) is 5.32 Å². The first-order valence-corrected chi connectivity index (χ1v) is 6.96. The molecule has 1 atom stereocenters. The molecule has 0 spiro atoms. The summed E-state index contributed by atoms with van der Waals surface area (Å²) in [5.74, 6) is 0.139. The lowest BCUT2D eigenvalue weighted by Gasteiger charge is -2.27. The largest absolute Gasteiger partial charge is 0.508 e. The van der Waals surface area contributed by atoms with Gasteiger partial charge in [-0.3, -0.25) is 0 Å². The molecule has 19 heavy (non-hydrogen) atoms. The summed E-state index contributed by atoms with van der Waals surface area (Å²) in [7, 11) is 0. The highest BCUT2D eigenvalue weighted by atomic mass is 19.1. The fourth-order valence-corrected chi connectivity index (χ4v) is 2.67. The number of hydrogen-bond donors (Lipinski definition) is 3. The lowest BCUT2D eigenvalue weighted by atomic mass is 9.87. The first-order chi connectivity index (χ1) is 9.06. The Morgan fingerprint density at radius 3 is 2.63 bits per heavy atom. The fourth-order valence-electron chi connectivity index (χ4n) is 2.67. The van der Waals surface area contributed by atoms with Gasteiger partial charge in [0, 0.05) is 17.7 Å². The maximum absolute atomic E-state index is 13.7. The van der Waals surface area contributed by atoms with Gasteiger partial charge in [-0.05, 0) is 51.1 Å². The van der Waals surface area contributed by atoms with E-state index in [-0.39, 0.29) is 23.7 Å². The molecule has 1 fully saturated rings. The summed E-state index contributed by atoms with van der Waals surface area (Å²) in [5.41, 5.74) is 0.577. The van der Waals surface area contributed by atoms with Crippen LogP contribution >= 0.6 is 0 Å². The average molecular weight is 267 g/mol. The van der Waals surface area contributed by atoms with E-state index in [1.54, 1.807) is 6.07 Å². The Balaban J connectivity index is 1.85. The molecule has 0 aliphatic heterocycles. The van der Waals surface area contributed by atoms with Crippen molar-refractivity contribution in [3.63, 3.8) is 0 Å². The standard InChI is InChI=1S/C15H22FNO2/c1-10(14-7-6-13(19)8-15(14)16)17-9-11-2-4-12(18)5-3-11/h6-8,10-12,17-19H,2-5,9H2,1H3. The van der Waals surface area contributed by atoms with Crippen LogP contribution in [0.25, 0.3) is 0 Å². The van der Waals surface area contributed by atoms with Crippen molar-refractivity contribution in [3.05, 3.63) is 29.6 Å². The van der Waals surface area contributed by atoms with Crippen molar-refractivity contribution in [3.8, 4) is 5.75 Å². The molecule has 1 unspecified atom stereocenters. The molecule has 1 saturated carbocycles. The van der Waals surface area contributed by atoms with Crippen LogP contribution in [0, 0.1) is 11.7 Å². The second kappa shape index (κ2) is 6.35. The van der Waals surface area contributed by atoms with Crippen molar-refractivity contribution >= 4 is 0 Å². The first kappa shape index (κ1) is 14.3. The van der Waals surface area contributed by atoms with Crippen LogP contribution in [-0.2, 0) is 0 Å². The van der Waals surface area contributed by atoms with Crippen molar-refractivity contribution in [2.24, 2.45) is 5.92 Å². The van der Waals surface area contributed by atoms with Gasteiger partial charge in [-0.2, -0.15) is 0 Å². The van der Waals surface area contributed by atoms with E-state index < -0.39 is 0 Å². The monoisotopic (exact) mass is 267 g/mol. The number of aliphatic hydroxyl groups is 1. The molecular formula is C15H22FNO2. The summed E-state index contributed by atoms with van der Waals surface area (Å²) in [5, 5.41) is 22.0. The van der Waals surface area contributed by atoms with Gasteiger partial charge in [0.25, 0.3) is 0 Å². The lowest BCUT2D eigenvalue weighted by molar-refractivity contribution is 0.107. The number of rotatable bonds is 4. The van der Waals surface area contributed by atoms with E-state index in [9.17, 15) is 14.6 Å². The molecule has 3 nitrogen and oxygen atoms in total. The Morgan fingerprint density at radius 2 is 2.00 bits per heavy atom. The molecular weight excluding hydrogens is 245 g/mol. The van der Waals surface area contributed by atoms with Crippen molar-refractivity contribution < 1.29 is 14.6 Å². The normalized spacial score (nSPS) is 25.2. The molecule has 0 aromatic heterocycles. The Bertz CT molecular complexity index is 417. The minimum absolute atomic E-state index is 0.0466. The highest BCUT2D eigenvalue weighted by Gasteiger charge is 2.20. The summed E-state index contributed by atoms with van der Waals surface area (Å²) in [6.07, 6.45) is 3.66. The van der Waals surface area contributed by atoms with Gasteiger partial charge in [-0.25, -0.2) is 4.39 Å². The summed E-state index contributed by atoms with van der Waals surface area (Å²) in [6, 6.07) is 4.19. The summed E-state index contributed by atoms with van der Waals surface area (Å²) in [6.45, 7) is 2.77. The van der Waals surface area contributed by atoms with Gasteiger partial charge in [0.05, 0.1) is 6.10 Å². The molecule has 1 aliphatic rings. The molecule has 0 bridgehead atoms. The predicted molar refractivity (Wildman–Crippen MR) is 72.4 cm³/mol. The molecule has 0 saturated heterocycles. The van der Waals surface area contributed by atoms with Crippen LogP contribution in [-0.4, -0.2) is 22.9 Å². The van der Waals surface area contributed by atoms with Crippen LogP contribution in [0.15, 0.2) is 18.2 Å². The Morgan fingerprint density at radius 1 is 1.32 bits per heavy atom. The summed E-state index contributed by atoms with van der Waals surface area (Å²) in [4.78, 5) is 0. The Kier molecular flexibility index (Phi) is 4.77. The smallest absolute Gasteiger partial charge is 0.131 e. The van der Waals surface area contributed by atoms with Gasteiger partial charge in [0.15, 0.2) is 0 Å². The van der Waals surface area contributed by atoms with Gasteiger partial charge in [-0.1, -0.05) is 6.07 Å². The number of aliphatic hydroxyl groups excluding tert-OH is 1. The zero-order chi connectivity index (χ0) is 13.8. The second-order valence-electron chi connectivity index (χ2n) is 5.51. The van der Waals surface area contributed by atoms with E-state index in [0.717, 1.165) is 38.3 Å². The number of phenolic OH excluding ortho intramolecular Hbond substituents is 1. The molecule has 106 valence electrons. The van der Waals surface area contributed by atoms with E-state index in [0.29, 0.717) is 11.5 Å². The minimum atomic E-state index is -0.376. The molecule has 1 aromatic carbocycles. The maximum Gasteiger partial charge on any atom is 0.131 e. The van der Waals surface area contributed by atoms with Gasteiger partial charge >= 0.3 is 0 Å². The number of aromatic hydroxyl groups is 1. The van der Waals surface area contributed by atoms with Gasteiger partial charge < -0.3 is 15.5 Å². The Labute approximate surface area is 113 Å². The number of hydrogen-bond acceptors (Lipinski definition) is 3. The first-order valence-electron chi connectivity index (χ1n) is 6.96. The average Bonchev–Trinajstić information content (AvgIpc) is 2.37. The third-order valence-corrected chi connectivity index (χ3v) is 3.98. The molecule has 1 aliphatic carbocycles. The number of phenols is 1. The van der Waals surface area contributed by atoms with Crippen LogP contribution in [0.3, 0.4) is 0 Å². The molecule has 0 heterocycles. The van der Waals surface area contributed by atoms with E-state index in [4.69, 9.17) is 0 Å². The van der Waals surface area contributed by atoms with E-state index >= 15 is 0 Å². The second-order valence-corrected chi connectivity index (χ2v) is 5.51. The van der Waals surface area contributed by atoms with Gasteiger partial charge in [0.1, 0.15) is 11.6 Å². The van der Waals surface area contributed by atoms with Crippen LogP contribution in [0.2, 0.25) is 0 Å². The van der Waals surface area contributed by atoms with Crippen molar-refractivity contribution in [2.75, 3.05) is 6.54 Å². The lowest BCUT2D eigenvalue weighted by Crippen LogP contribution is -2.30. The predicted octanol–water partition coefficient (Wildman–Crippen LogP) is 2.73. The maximum atomic E-state index is 13.7. The SMILES string of the molecule is CC(NCC1CCC(O)CC1)c1ccc(O)cc1F. The summed E-state index contributed by atoms with van der Waals surface area (Å²) < 4.78 is 13.7. The minimum Gasteiger partial charge on any atom is -0.508 e. The highest BCUT2D eigenvalue weighted by Crippen LogP contribution is 2.25. The molecule has 2 rings (SSSR count). The van der Waals surface area contributed by atoms with Crippen molar-refractivity contribution in [1.29, 1.82) is 0 Å². The zero-order valence-electron chi connectivity index (χ0n) is 11.3. The summed E-state index contributed by atoms with van der Waals surface area (Å²) >= 11 is 0. The van der Waals surface area contributed by atoms with Gasteiger partial charge in [-0.15, -0.1) is 0 Å². The van der Waals surface area contributed by atoms with Crippen LogP contribution in [0.1, 0.15) is 44.2 Å². The van der Waals surface area contributed by atoms with E-state index in [2.05, 4.69) is 5.32 Å². The quantitative estimate of drug-likeness (QED) is 0.786. The third-order valence-electron chi connectivity index (χ3n) is 3.98. The number of halogens is 1. The van der Waals surface area contributed by atoms with Gasteiger partial charge in [0.2, 0.25) is 0 Å². The number of benzene rings is 1. The highest BCUT2D eigenvalue weighted by molar-refractivity contribution is 5.29. The third kappa shape index (κ3) is 3.91. The Hall–Kier alpha value is -1.13. The van der Waals surface area contributed by atoms with E-state index in [1.807, 2.05) is 6.92 Å². The zero-order valence-corrected chi connectivity index (χ0v) is 11.3. The van der Waals surface area contributed by atoms with Crippen LogP contribution in [0.5, 0.6) is 5.75 Å². The van der Waals surface area contributed by atoms with Crippen molar-refractivity contribution in [2.45, 2.75) is 44.8 Å². The molecule has 0 radical (unpaired) electrons. The molecule has 1 aromatic rings. The fraction of sp³-hybridized carbons (Fsp3) is 0.600. The molecule has 0 amide bonds. The number of nitrogens with one attached hydrogen (secondary N) is 1. The molecule has 4 heteroatoms. The topological polar surface area (TPSA) is 52.5 Å². The van der Waals surface area contributed by atoms with Crippen LogP contribution in [0.4, 0.5) is 4.39 Å². The van der Waals surface area contributed by atoms with Crippen LogP contribution < -0.4 is 5.32 Å².